The van der Waals surface area contributed by atoms with Crippen LogP contribution in [0.4, 0.5) is 5.69 Å². The maximum atomic E-state index is 4.68. The number of benzene rings is 3. The molecule has 1 aliphatic carbocycles. The van der Waals surface area contributed by atoms with Gasteiger partial charge in [0, 0.05) is 7.05 Å². The molecule has 0 radical (unpaired) electrons. The second-order valence-corrected chi connectivity index (χ2v) is 7.67. The number of nitrogens with zero attached hydrogens (tertiary/aromatic N) is 2. The fourth-order valence-corrected chi connectivity index (χ4v) is 3.47. The molecule has 2 nitrogen and oxygen atoms in total. The van der Waals surface area contributed by atoms with Gasteiger partial charge >= 0.3 is 0 Å². The minimum Gasteiger partial charge on any atom is -0.289 e. The lowest BCUT2D eigenvalue weighted by Crippen LogP contribution is -1.99. The zero-order valence-electron chi connectivity index (χ0n) is 17.5. The molecule has 0 bridgehead atoms. The van der Waals surface area contributed by atoms with Crippen LogP contribution in [0, 0.1) is 6.92 Å². The lowest BCUT2D eigenvalue weighted by molar-refractivity contribution is 1.15. The molecule has 3 aromatic carbocycles. The maximum Gasteiger partial charge on any atom is 0.0638 e. The van der Waals surface area contributed by atoms with Gasteiger partial charge in [0.05, 0.1) is 17.1 Å². The van der Waals surface area contributed by atoms with Crippen LogP contribution in [0.25, 0.3) is 0 Å². The first-order chi connectivity index (χ1) is 14.7. The highest BCUT2D eigenvalue weighted by molar-refractivity contribution is 6.18. The molecular weight excluding hydrogens is 388 g/mol. The Kier molecular flexibility index (Phi) is 9.09. The van der Waals surface area contributed by atoms with Crippen molar-refractivity contribution in [1.29, 1.82) is 0 Å². The van der Waals surface area contributed by atoms with Gasteiger partial charge in [0.15, 0.2) is 0 Å². The maximum absolute atomic E-state index is 4.68. The summed E-state index contributed by atoms with van der Waals surface area (Å²) < 4.78 is 0. The fraction of sp³-hybridized carbons (Fsp3) is 0.200. The third-order valence-electron chi connectivity index (χ3n) is 5.26. The third-order valence-corrected chi connectivity index (χ3v) is 5.26. The molecule has 0 fully saturated rings. The number of aliphatic imine (C=N–C) groups is 2. The summed E-state index contributed by atoms with van der Waals surface area (Å²) in [6.45, 7) is 2.12. The van der Waals surface area contributed by atoms with Gasteiger partial charge < -0.3 is 0 Å². The molecule has 0 saturated carbocycles. The van der Waals surface area contributed by atoms with E-state index in [1.807, 2.05) is 24.3 Å². The summed E-state index contributed by atoms with van der Waals surface area (Å²) in [6.07, 6.45) is 9.86. The molecule has 0 amide bonds. The van der Waals surface area contributed by atoms with Crippen molar-refractivity contribution in [3.63, 3.8) is 0 Å². The summed E-state index contributed by atoms with van der Waals surface area (Å²) >= 11 is 0. The van der Waals surface area contributed by atoms with Crippen LogP contribution in [-0.2, 0) is 12.8 Å². The first-order valence-electron chi connectivity index (χ1n) is 10.3. The molecule has 0 aromatic heterocycles. The lowest BCUT2D eigenvalue weighted by atomic mass is 10.00. The Morgan fingerprint density at radius 3 is 1.34 bits per heavy atom. The average molecular weight is 423 g/mol. The highest BCUT2D eigenvalue weighted by Gasteiger charge is 2.02. The Hall–Kier alpha value is -3.52. The Balaban J connectivity index is 0.00000181. The summed E-state index contributed by atoms with van der Waals surface area (Å²) in [5.41, 5.74) is 9.50. The van der Waals surface area contributed by atoms with Crippen molar-refractivity contribution in [1.82, 2.24) is 0 Å². The second kappa shape index (κ2) is 11.8. The predicted octanol–water partition coefficient (Wildman–Crippen LogP) is 7.72. The summed E-state index contributed by atoms with van der Waals surface area (Å²) in [7, 11) is 1.79. The standard InChI is InChI=1S/C28H26N2.2CH4/c1-21-3-5-22(6-4-21)19-23-7-9-24(10-8-23)20-25-11-13-27(14-12-25)30-28-17-15-26(29-2)16-18-28;;/h3-18H,19-20H2,1-2H3;2*1H4. The first kappa shape index (κ1) is 24.7. The van der Waals surface area contributed by atoms with Crippen molar-refractivity contribution in [2.24, 2.45) is 9.98 Å². The number of hydrogen-bond donors (Lipinski definition) is 0. The average Bonchev–Trinajstić information content (AvgIpc) is 2.78. The normalized spacial score (nSPS) is 12.1. The smallest absolute Gasteiger partial charge is 0.0638 e. The SMILES string of the molecule is C.C.CN=C1C=CC(=Nc2ccc(Cc3ccc(Cc4ccc(C)cc4)cc3)cc2)C=C1. The van der Waals surface area contributed by atoms with Gasteiger partial charge in [-0.2, -0.15) is 0 Å². The molecule has 2 heteroatoms. The molecule has 32 heavy (non-hydrogen) atoms. The number of allylic oxidation sites excluding steroid dienone is 4. The van der Waals surface area contributed by atoms with Gasteiger partial charge in [-0.15, -0.1) is 0 Å². The largest absolute Gasteiger partial charge is 0.289 e. The number of aryl methyl sites for hydroxylation is 1. The van der Waals surface area contributed by atoms with Crippen LogP contribution < -0.4 is 0 Å². The van der Waals surface area contributed by atoms with E-state index in [1.54, 1.807) is 7.05 Å². The molecular formula is C30H34N2. The molecule has 0 unspecified atom stereocenters. The van der Waals surface area contributed by atoms with Crippen molar-refractivity contribution in [3.05, 3.63) is 125 Å². The zero-order valence-corrected chi connectivity index (χ0v) is 17.5. The van der Waals surface area contributed by atoms with Crippen molar-refractivity contribution < 1.29 is 0 Å². The van der Waals surface area contributed by atoms with Gasteiger partial charge in [-0.1, -0.05) is 81.1 Å². The molecule has 164 valence electrons. The van der Waals surface area contributed by atoms with E-state index in [4.69, 9.17) is 0 Å². The van der Waals surface area contributed by atoms with Crippen LogP contribution in [0.1, 0.15) is 42.7 Å². The van der Waals surface area contributed by atoms with Crippen molar-refractivity contribution >= 4 is 17.1 Å². The summed E-state index contributed by atoms with van der Waals surface area (Å²) in [5.74, 6) is 0. The van der Waals surface area contributed by atoms with E-state index >= 15 is 0 Å². The molecule has 3 aromatic rings. The van der Waals surface area contributed by atoms with E-state index in [1.165, 1.54) is 27.8 Å². The van der Waals surface area contributed by atoms with E-state index in [-0.39, 0.29) is 14.9 Å². The summed E-state index contributed by atoms with van der Waals surface area (Å²) in [5, 5.41) is 0. The minimum atomic E-state index is 0. The van der Waals surface area contributed by atoms with Crippen molar-refractivity contribution in [2.45, 2.75) is 34.6 Å². The zero-order chi connectivity index (χ0) is 20.8. The van der Waals surface area contributed by atoms with Crippen LogP contribution in [0.15, 0.2) is 107 Å². The topological polar surface area (TPSA) is 24.7 Å². The molecule has 1 aliphatic rings. The molecule has 0 N–H and O–H groups in total. The fourth-order valence-electron chi connectivity index (χ4n) is 3.47. The van der Waals surface area contributed by atoms with Gasteiger partial charge in [0.1, 0.15) is 0 Å². The molecule has 0 saturated heterocycles. The second-order valence-electron chi connectivity index (χ2n) is 7.67. The predicted molar refractivity (Wildman–Crippen MR) is 142 cm³/mol. The van der Waals surface area contributed by atoms with Gasteiger partial charge in [0.25, 0.3) is 0 Å². The molecule has 0 heterocycles. The minimum absolute atomic E-state index is 0. The van der Waals surface area contributed by atoms with Gasteiger partial charge in [0.2, 0.25) is 0 Å². The number of hydrogen-bond acceptors (Lipinski definition) is 2. The Morgan fingerprint density at radius 2 is 0.906 bits per heavy atom. The van der Waals surface area contributed by atoms with Crippen LogP contribution >= 0.6 is 0 Å². The van der Waals surface area contributed by atoms with Crippen LogP contribution in [-0.4, -0.2) is 18.5 Å². The van der Waals surface area contributed by atoms with E-state index in [0.29, 0.717) is 0 Å². The van der Waals surface area contributed by atoms with Gasteiger partial charge in [-0.3, -0.25) is 4.99 Å². The van der Waals surface area contributed by atoms with Crippen LogP contribution in [0.2, 0.25) is 0 Å². The third kappa shape index (κ3) is 6.75. The molecule has 0 spiro atoms. The first-order valence-corrected chi connectivity index (χ1v) is 10.3. The van der Waals surface area contributed by atoms with E-state index in [2.05, 4.69) is 89.7 Å². The quantitative estimate of drug-likeness (QED) is 0.376. The Bertz CT molecular complexity index is 1090. The highest BCUT2D eigenvalue weighted by atomic mass is 14.7. The Morgan fingerprint density at radius 1 is 0.531 bits per heavy atom. The van der Waals surface area contributed by atoms with Crippen LogP contribution in [0.5, 0.6) is 0 Å². The van der Waals surface area contributed by atoms with Crippen molar-refractivity contribution in [3.8, 4) is 0 Å². The van der Waals surface area contributed by atoms with E-state index < -0.39 is 0 Å². The molecule has 0 atom stereocenters. The van der Waals surface area contributed by atoms with Crippen molar-refractivity contribution in [2.75, 3.05) is 7.05 Å². The Labute approximate surface area is 193 Å². The van der Waals surface area contributed by atoms with E-state index in [9.17, 15) is 0 Å². The summed E-state index contributed by atoms with van der Waals surface area (Å²) in [6, 6.07) is 26.2. The van der Waals surface area contributed by atoms with Gasteiger partial charge in [-0.05, 0) is 78.5 Å². The van der Waals surface area contributed by atoms with Crippen LogP contribution in [0.3, 0.4) is 0 Å². The monoisotopic (exact) mass is 422 g/mol. The van der Waals surface area contributed by atoms with E-state index in [0.717, 1.165) is 30.0 Å². The van der Waals surface area contributed by atoms with Gasteiger partial charge in [-0.25, -0.2) is 4.99 Å². The molecule has 0 aliphatic heterocycles. The lowest BCUT2D eigenvalue weighted by Gasteiger charge is -2.06. The summed E-state index contributed by atoms with van der Waals surface area (Å²) in [4.78, 5) is 8.84. The number of rotatable bonds is 5. The molecule has 4 rings (SSSR count). The highest BCUT2D eigenvalue weighted by Crippen LogP contribution is 2.18.